The van der Waals surface area contributed by atoms with Crippen LogP contribution in [0.1, 0.15) is 19.4 Å². The Morgan fingerprint density at radius 3 is 2.26 bits per heavy atom. The lowest BCUT2D eigenvalue weighted by molar-refractivity contribution is 0.0611. The van der Waals surface area contributed by atoms with Crippen molar-refractivity contribution in [1.29, 1.82) is 0 Å². The maximum absolute atomic E-state index is 14.0. The highest BCUT2D eigenvalue weighted by molar-refractivity contribution is 5.31. The number of ether oxygens (including phenoxy) is 2. The van der Waals surface area contributed by atoms with Crippen LogP contribution < -0.4 is 9.47 Å². The normalized spacial score (nSPS) is 12.4. The molecule has 6 heteroatoms. The van der Waals surface area contributed by atoms with Gasteiger partial charge in [0.25, 0.3) is 0 Å². The molecule has 0 saturated carbocycles. The van der Waals surface area contributed by atoms with E-state index in [-0.39, 0.29) is 6.61 Å². The fourth-order valence-corrected chi connectivity index (χ4v) is 2.83. The summed E-state index contributed by atoms with van der Waals surface area (Å²) in [5.41, 5.74) is 0.403. The molecule has 0 radical (unpaired) electrons. The van der Waals surface area contributed by atoms with E-state index in [0.29, 0.717) is 36.9 Å². The van der Waals surface area contributed by atoms with Gasteiger partial charge >= 0.3 is 0 Å². The lowest BCUT2D eigenvalue weighted by Gasteiger charge is -2.27. The first-order chi connectivity index (χ1) is 12.9. The van der Waals surface area contributed by atoms with Gasteiger partial charge in [-0.05, 0) is 36.2 Å². The first-order valence-electron chi connectivity index (χ1n) is 8.98. The van der Waals surface area contributed by atoms with Gasteiger partial charge in [0.1, 0.15) is 35.8 Å². The SMILES string of the molecule is COc1ccc(OC[C@@H](O)CN(Cc2ccc(F)cc2F)CC(C)C)cc1. The summed E-state index contributed by atoms with van der Waals surface area (Å²) >= 11 is 0. The summed E-state index contributed by atoms with van der Waals surface area (Å²) in [7, 11) is 1.59. The van der Waals surface area contributed by atoms with Crippen LogP contribution in [-0.4, -0.2) is 42.9 Å². The Balaban J connectivity index is 1.93. The second kappa shape index (κ2) is 10.2. The largest absolute Gasteiger partial charge is 0.497 e. The van der Waals surface area contributed by atoms with E-state index in [4.69, 9.17) is 9.47 Å². The van der Waals surface area contributed by atoms with Gasteiger partial charge in [-0.2, -0.15) is 0 Å². The van der Waals surface area contributed by atoms with E-state index in [1.54, 1.807) is 31.4 Å². The molecule has 0 heterocycles. The molecule has 27 heavy (non-hydrogen) atoms. The van der Waals surface area contributed by atoms with E-state index in [9.17, 15) is 13.9 Å². The number of hydrogen-bond acceptors (Lipinski definition) is 4. The quantitative estimate of drug-likeness (QED) is 0.680. The molecule has 148 valence electrons. The predicted octanol–water partition coefficient (Wildman–Crippen LogP) is 3.87. The summed E-state index contributed by atoms with van der Waals surface area (Å²) in [6, 6.07) is 10.7. The van der Waals surface area contributed by atoms with Crippen LogP contribution in [0.3, 0.4) is 0 Å². The Labute approximate surface area is 159 Å². The van der Waals surface area contributed by atoms with E-state index >= 15 is 0 Å². The third-order valence-corrected chi connectivity index (χ3v) is 4.00. The van der Waals surface area contributed by atoms with Crippen molar-refractivity contribution in [1.82, 2.24) is 4.90 Å². The summed E-state index contributed by atoms with van der Waals surface area (Å²) in [5, 5.41) is 10.3. The smallest absolute Gasteiger partial charge is 0.130 e. The molecule has 0 spiro atoms. The molecule has 0 saturated heterocycles. The zero-order valence-electron chi connectivity index (χ0n) is 16.0. The Morgan fingerprint density at radius 2 is 1.67 bits per heavy atom. The molecule has 2 aromatic carbocycles. The van der Waals surface area contributed by atoms with Crippen molar-refractivity contribution in [2.45, 2.75) is 26.5 Å². The molecule has 2 rings (SSSR count). The molecule has 2 aromatic rings. The van der Waals surface area contributed by atoms with E-state index in [1.165, 1.54) is 12.1 Å². The van der Waals surface area contributed by atoms with Crippen LogP contribution in [-0.2, 0) is 6.54 Å². The number of methoxy groups -OCH3 is 1. The lowest BCUT2D eigenvalue weighted by atomic mass is 10.1. The fraction of sp³-hybridized carbons (Fsp3) is 0.429. The maximum Gasteiger partial charge on any atom is 0.130 e. The van der Waals surface area contributed by atoms with Crippen LogP contribution in [0.25, 0.3) is 0 Å². The number of aliphatic hydroxyl groups excluding tert-OH is 1. The van der Waals surface area contributed by atoms with Crippen LogP contribution in [0, 0.1) is 17.6 Å². The van der Waals surface area contributed by atoms with E-state index in [2.05, 4.69) is 0 Å². The Kier molecular flexibility index (Phi) is 8.00. The Morgan fingerprint density at radius 1 is 1.00 bits per heavy atom. The van der Waals surface area contributed by atoms with Crippen molar-refractivity contribution in [2.24, 2.45) is 5.92 Å². The lowest BCUT2D eigenvalue weighted by Crippen LogP contribution is -2.37. The monoisotopic (exact) mass is 379 g/mol. The van der Waals surface area contributed by atoms with Crippen LogP contribution in [0.15, 0.2) is 42.5 Å². The summed E-state index contributed by atoms with van der Waals surface area (Å²) in [6.07, 6.45) is -0.741. The van der Waals surface area contributed by atoms with Crippen LogP contribution in [0.2, 0.25) is 0 Å². The first kappa shape index (κ1) is 21.1. The van der Waals surface area contributed by atoms with Gasteiger partial charge in [-0.3, -0.25) is 4.90 Å². The number of nitrogens with zero attached hydrogens (tertiary/aromatic N) is 1. The average Bonchev–Trinajstić information content (AvgIpc) is 2.62. The maximum atomic E-state index is 14.0. The molecule has 0 amide bonds. The number of halogens is 2. The molecule has 0 aliphatic heterocycles. The third-order valence-electron chi connectivity index (χ3n) is 4.00. The molecule has 0 bridgehead atoms. The standard InChI is InChI=1S/C21H27F2NO3/c1-15(2)11-24(12-16-4-5-17(22)10-21(16)23)13-18(25)14-27-20-8-6-19(26-3)7-9-20/h4-10,15,18,25H,11-14H2,1-3H3/t18-/m0/s1. The van der Waals surface area contributed by atoms with Crippen LogP contribution in [0.5, 0.6) is 11.5 Å². The van der Waals surface area contributed by atoms with Crippen molar-refractivity contribution in [3.8, 4) is 11.5 Å². The van der Waals surface area contributed by atoms with Gasteiger partial charge in [0.2, 0.25) is 0 Å². The molecule has 0 aliphatic carbocycles. The molecule has 0 aliphatic rings. The molecule has 1 atom stereocenters. The van der Waals surface area contributed by atoms with E-state index < -0.39 is 17.7 Å². The van der Waals surface area contributed by atoms with E-state index in [0.717, 1.165) is 11.8 Å². The number of benzene rings is 2. The minimum absolute atomic E-state index is 0.118. The van der Waals surface area contributed by atoms with Crippen molar-refractivity contribution < 1.29 is 23.4 Å². The molecule has 0 fully saturated rings. The molecule has 0 aromatic heterocycles. The van der Waals surface area contributed by atoms with Crippen molar-refractivity contribution >= 4 is 0 Å². The number of aliphatic hydroxyl groups is 1. The molecule has 0 unspecified atom stereocenters. The predicted molar refractivity (Wildman–Crippen MR) is 101 cm³/mol. The minimum Gasteiger partial charge on any atom is -0.497 e. The number of hydrogen-bond donors (Lipinski definition) is 1. The van der Waals surface area contributed by atoms with Gasteiger partial charge < -0.3 is 14.6 Å². The zero-order chi connectivity index (χ0) is 19.8. The molecule has 1 N–H and O–H groups in total. The van der Waals surface area contributed by atoms with Gasteiger partial charge in [-0.1, -0.05) is 19.9 Å². The van der Waals surface area contributed by atoms with Crippen molar-refractivity contribution in [3.05, 3.63) is 59.7 Å². The van der Waals surface area contributed by atoms with Gasteiger partial charge in [-0.15, -0.1) is 0 Å². The Hall–Kier alpha value is -2.18. The second-order valence-corrected chi connectivity index (χ2v) is 6.96. The van der Waals surface area contributed by atoms with Gasteiger partial charge in [0.15, 0.2) is 0 Å². The van der Waals surface area contributed by atoms with Crippen LogP contribution in [0.4, 0.5) is 8.78 Å². The second-order valence-electron chi connectivity index (χ2n) is 6.96. The fourth-order valence-electron chi connectivity index (χ4n) is 2.83. The van der Waals surface area contributed by atoms with E-state index in [1.807, 2.05) is 18.7 Å². The van der Waals surface area contributed by atoms with Crippen molar-refractivity contribution in [3.63, 3.8) is 0 Å². The summed E-state index contributed by atoms with van der Waals surface area (Å²) in [5.74, 6) is 0.526. The molecular formula is C21H27F2NO3. The van der Waals surface area contributed by atoms with Gasteiger partial charge in [0, 0.05) is 31.3 Å². The first-order valence-corrected chi connectivity index (χ1v) is 8.98. The summed E-state index contributed by atoms with van der Waals surface area (Å²) in [4.78, 5) is 1.95. The molecular weight excluding hydrogens is 352 g/mol. The summed E-state index contributed by atoms with van der Waals surface area (Å²) in [6.45, 7) is 5.51. The average molecular weight is 379 g/mol. The minimum atomic E-state index is -0.741. The topological polar surface area (TPSA) is 41.9 Å². The third kappa shape index (κ3) is 7.15. The zero-order valence-corrected chi connectivity index (χ0v) is 16.0. The summed E-state index contributed by atoms with van der Waals surface area (Å²) < 4.78 is 37.7. The van der Waals surface area contributed by atoms with Crippen molar-refractivity contribution in [2.75, 3.05) is 26.8 Å². The van der Waals surface area contributed by atoms with Crippen LogP contribution >= 0.6 is 0 Å². The van der Waals surface area contributed by atoms with Gasteiger partial charge in [-0.25, -0.2) is 8.78 Å². The molecule has 4 nitrogen and oxygen atoms in total. The highest BCUT2D eigenvalue weighted by Gasteiger charge is 2.16. The highest BCUT2D eigenvalue weighted by Crippen LogP contribution is 2.18. The number of rotatable bonds is 10. The Bertz CT molecular complexity index is 707. The van der Waals surface area contributed by atoms with Gasteiger partial charge in [0.05, 0.1) is 7.11 Å². The highest BCUT2D eigenvalue weighted by atomic mass is 19.1.